The van der Waals surface area contributed by atoms with Crippen molar-refractivity contribution in [3.8, 4) is 0 Å². The first kappa shape index (κ1) is 6.68. The Morgan fingerprint density at radius 3 is 2.55 bits per heavy atom. The van der Waals surface area contributed by atoms with E-state index in [9.17, 15) is 0 Å². The monoisotopic (exact) mass is 148 g/mol. The Morgan fingerprint density at radius 2 is 2.00 bits per heavy atom. The molecular formula is C9H12N2. The van der Waals surface area contributed by atoms with Crippen LogP contribution in [0.2, 0.25) is 0 Å². The summed E-state index contributed by atoms with van der Waals surface area (Å²) in [6, 6.07) is 10.3. The normalized spacial score (nSPS) is 22.4. The van der Waals surface area contributed by atoms with Gasteiger partial charge in [0.25, 0.3) is 0 Å². The number of benzene rings is 1. The maximum absolute atomic E-state index is 3.37. The lowest BCUT2D eigenvalue weighted by atomic mass is 10.2. The molecule has 1 aromatic carbocycles. The van der Waals surface area contributed by atoms with Crippen molar-refractivity contribution < 1.29 is 0 Å². The van der Waals surface area contributed by atoms with Crippen molar-refractivity contribution >= 4 is 5.69 Å². The fourth-order valence-electron chi connectivity index (χ4n) is 1.15. The second kappa shape index (κ2) is 2.93. The van der Waals surface area contributed by atoms with Crippen molar-refractivity contribution in [2.24, 2.45) is 0 Å². The van der Waals surface area contributed by atoms with Crippen LogP contribution >= 0.6 is 0 Å². The molecule has 1 aliphatic heterocycles. The van der Waals surface area contributed by atoms with Crippen LogP contribution in [0, 0.1) is 0 Å². The predicted octanol–water partition coefficient (Wildman–Crippen LogP) is 1.42. The smallest absolute Gasteiger partial charge is 0.0780 e. The molecule has 2 rings (SSSR count). The topological polar surface area (TPSA) is 24.1 Å². The Morgan fingerprint density at radius 1 is 1.27 bits per heavy atom. The lowest BCUT2D eigenvalue weighted by molar-refractivity contribution is 0.410. The Labute approximate surface area is 66.6 Å². The highest BCUT2D eigenvalue weighted by Crippen LogP contribution is 2.10. The van der Waals surface area contributed by atoms with E-state index in [1.54, 1.807) is 0 Å². The Kier molecular flexibility index (Phi) is 1.78. The molecule has 2 heteroatoms. The van der Waals surface area contributed by atoms with E-state index >= 15 is 0 Å². The van der Waals surface area contributed by atoms with E-state index in [-0.39, 0.29) is 0 Å². The Hall–Kier alpha value is -1.02. The highest BCUT2D eigenvalue weighted by molar-refractivity contribution is 5.43. The minimum atomic E-state index is 0.498. The number of hydrogen-bond acceptors (Lipinski definition) is 2. The first-order chi connectivity index (χ1) is 5.45. The van der Waals surface area contributed by atoms with Crippen molar-refractivity contribution in [2.45, 2.75) is 12.6 Å². The van der Waals surface area contributed by atoms with E-state index < -0.39 is 0 Å². The summed E-state index contributed by atoms with van der Waals surface area (Å²) < 4.78 is 0. The molecule has 0 amide bonds. The molecular weight excluding hydrogens is 136 g/mol. The van der Waals surface area contributed by atoms with E-state index in [4.69, 9.17) is 0 Å². The fourth-order valence-corrected chi connectivity index (χ4v) is 1.15. The number of para-hydroxylation sites is 1. The van der Waals surface area contributed by atoms with E-state index in [2.05, 4.69) is 22.8 Å². The van der Waals surface area contributed by atoms with Gasteiger partial charge in [0.1, 0.15) is 0 Å². The molecule has 0 spiro atoms. The zero-order valence-electron chi connectivity index (χ0n) is 6.38. The summed E-state index contributed by atoms with van der Waals surface area (Å²) in [5.74, 6) is 0. The first-order valence-electron chi connectivity index (χ1n) is 4.00. The fraction of sp³-hybridized carbons (Fsp3) is 0.333. The van der Waals surface area contributed by atoms with Gasteiger partial charge in [-0.3, -0.25) is 5.32 Å². The summed E-state index contributed by atoms with van der Waals surface area (Å²) in [4.78, 5) is 0. The molecule has 1 aromatic rings. The molecule has 1 fully saturated rings. The number of rotatable bonds is 2. The van der Waals surface area contributed by atoms with Crippen molar-refractivity contribution in [3.63, 3.8) is 0 Å². The lowest BCUT2D eigenvalue weighted by Crippen LogP contribution is -2.48. The average Bonchev–Trinajstić information content (AvgIpc) is 1.99. The van der Waals surface area contributed by atoms with Gasteiger partial charge >= 0.3 is 0 Å². The number of hydrogen-bond donors (Lipinski definition) is 2. The Bertz CT molecular complexity index is 216. The van der Waals surface area contributed by atoms with Gasteiger partial charge in [0.15, 0.2) is 0 Å². The van der Waals surface area contributed by atoms with Crippen LogP contribution in [0.1, 0.15) is 6.42 Å². The SMILES string of the molecule is c1ccc(NC2CCN2)cc1. The second-order valence-corrected chi connectivity index (χ2v) is 2.81. The van der Waals surface area contributed by atoms with Crippen molar-refractivity contribution in [1.82, 2.24) is 5.32 Å². The van der Waals surface area contributed by atoms with Gasteiger partial charge in [0.2, 0.25) is 0 Å². The van der Waals surface area contributed by atoms with Crippen LogP contribution < -0.4 is 10.6 Å². The van der Waals surface area contributed by atoms with Gasteiger partial charge in [-0.05, 0) is 18.6 Å². The van der Waals surface area contributed by atoms with E-state index in [0.717, 1.165) is 6.54 Å². The van der Waals surface area contributed by atoms with Gasteiger partial charge in [-0.2, -0.15) is 0 Å². The van der Waals surface area contributed by atoms with E-state index in [0.29, 0.717) is 6.17 Å². The summed E-state index contributed by atoms with van der Waals surface area (Å²) in [5, 5.41) is 6.65. The third-order valence-electron chi connectivity index (χ3n) is 1.94. The van der Waals surface area contributed by atoms with Crippen LogP contribution in [0.3, 0.4) is 0 Å². The molecule has 11 heavy (non-hydrogen) atoms. The molecule has 1 atom stereocenters. The molecule has 1 saturated heterocycles. The third-order valence-corrected chi connectivity index (χ3v) is 1.94. The molecule has 2 N–H and O–H groups in total. The first-order valence-corrected chi connectivity index (χ1v) is 4.00. The molecule has 0 aliphatic carbocycles. The largest absolute Gasteiger partial charge is 0.370 e. The predicted molar refractivity (Wildman–Crippen MR) is 46.5 cm³/mol. The van der Waals surface area contributed by atoms with Crippen LogP contribution in [0.5, 0.6) is 0 Å². The molecule has 58 valence electrons. The molecule has 1 unspecified atom stereocenters. The van der Waals surface area contributed by atoms with Crippen LogP contribution in [0.15, 0.2) is 30.3 Å². The van der Waals surface area contributed by atoms with Crippen molar-refractivity contribution in [1.29, 1.82) is 0 Å². The van der Waals surface area contributed by atoms with Crippen LogP contribution in [-0.2, 0) is 0 Å². The standard InChI is InChI=1S/C9H12N2/c1-2-4-8(5-3-1)11-9-6-7-10-9/h1-5,9-11H,6-7H2. The molecule has 0 radical (unpaired) electrons. The van der Waals surface area contributed by atoms with Gasteiger partial charge in [-0.15, -0.1) is 0 Å². The summed E-state index contributed by atoms with van der Waals surface area (Å²) in [7, 11) is 0. The maximum Gasteiger partial charge on any atom is 0.0780 e. The molecule has 0 aromatic heterocycles. The van der Waals surface area contributed by atoms with Gasteiger partial charge in [-0.25, -0.2) is 0 Å². The molecule has 0 saturated carbocycles. The maximum atomic E-state index is 3.37. The highest BCUT2D eigenvalue weighted by Gasteiger charge is 2.14. The zero-order valence-corrected chi connectivity index (χ0v) is 6.38. The van der Waals surface area contributed by atoms with Crippen molar-refractivity contribution in [3.05, 3.63) is 30.3 Å². The van der Waals surface area contributed by atoms with Gasteiger partial charge in [0, 0.05) is 12.2 Å². The summed E-state index contributed by atoms with van der Waals surface area (Å²) in [6.07, 6.45) is 1.73. The van der Waals surface area contributed by atoms with Crippen LogP contribution in [-0.4, -0.2) is 12.7 Å². The molecule has 1 aliphatic rings. The second-order valence-electron chi connectivity index (χ2n) is 2.81. The summed E-state index contributed by atoms with van der Waals surface area (Å²) in [6.45, 7) is 1.14. The molecule has 2 nitrogen and oxygen atoms in total. The Balaban J connectivity index is 1.95. The summed E-state index contributed by atoms with van der Waals surface area (Å²) >= 11 is 0. The zero-order chi connectivity index (χ0) is 7.52. The third kappa shape index (κ3) is 1.52. The lowest BCUT2D eigenvalue weighted by Gasteiger charge is -2.29. The van der Waals surface area contributed by atoms with E-state index in [1.807, 2.05) is 18.2 Å². The average molecular weight is 148 g/mol. The van der Waals surface area contributed by atoms with E-state index in [1.165, 1.54) is 12.1 Å². The molecule has 1 heterocycles. The van der Waals surface area contributed by atoms with Gasteiger partial charge < -0.3 is 5.32 Å². The minimum Gasteiger partial charge on any atom is -0.370 e. The van der Waals surface area contributed by atoms with Crippen molar-refractivity contribution in [2.75, 3.05) is 11.9 Å². The highest BCUT2D eigenvalue weighted by atomic mass is 15.2. The number of nitrogens with one attached hydrogen (secondary N) is 2. The van der Waals surface area contributed by atoms with Crippen LogP contribution in [0.25, 0.3) is 0 Å². The van der Waals surface area contributed by atoms with Crippen LogP contribution in [0.4, 0.5) is 5.69 Å². The van der Waals surface area contributed by atoms with Gasteiger partial charge in [-0.1, -0.05) is 18.2 Å². The number of anilines is 1. The molecule has 0 bridgehead atoms. The van der Waals surface area contributed by atoms with Gasteiger partial charge in [0.05, 0.1) is 6.17 Å². The minimum absolute atomic E-state index is 0.498. The quantitative estimate of drug-likeness (QED) is 0.662. The summed E-state index contributed by atoms with van der Waals surface area (Å²) in [5.41, 5.74) is 1.20.